The summed E-state index contributed by atoms with van der Waals surface area (Å²) in [5.41, 5.74) is 2.72. The molecule has 2 heterocycles. The lowest BCUT2D eigenvalue weighted by Crippen LogP contribution is -2.31. The molecule has 1 aliphatic rings. The van der Waals surface area contributed by atoms with Crippen LogP contribution in [0.15, 0.2) is 54.7 Å². The third-order valence-corrected chi connectivity index (χ3v) is 4.68. The second-order valence-electron chi connectivity index (χ2n) is 6.42. The van der Waals surface area contributed by atoms with Crippen molar-refractivity contribution >= 4 is 28.7 Å². The number of imide groups is 1. The molecule has 0 unspecified atom stereocenters. The summed E-state index contributed by atoms with van der Waals surface area (Å²) in [4.78, 5) is 40.9. The molecule has 4 rings (SSSR count). The number of nitrogens with one attached hydrogen (secondary N) is 1. The van der Waals surface area contributed by atoms with Crippen LogP contribution in [0.4, 0.5) is 0 Å². The normalized spacial score (nSPS) is 13.3. The molecule has 1 aliphatic heterocycles. The maximum absolute atomic E-state index is 12.3. The molecular weight excluding hydrogens is 344 g/mol. The van der Waals surface area contributed by atoms with Crippen LogP contribution in [0.2, 0.25) is 0 Å². The fraction of sp³-hybridized carbons (Fsp3) is 0.190. The highest BCUT2D eigenvalue weighted by Gasteiger charge is 2.34. The molecule has 0 fully saturated rings. The van der Waals surface area contributed by atoms with Crippen LogP contribution in [0.1, 0.15) is 32.7 Å². The predicted octanol–water partition coefficient (Wildman–Crippen LogP) is 2.94. The van der Waals surface area contributed by atoms with Gasteiger partial charge in [0.2, 0.25) is 0 Å². The first kappa shape index (κ1) is 17.0. The van der Waals surface area contributed by atoms with E-state index in [0.717, 1.165) is 16.5 Å². The number of hydrogen-bond acceptors (Lipinski definition) is 4. The van der Waals surface area contributed by atoms with Crippen LogP contribution in [0.3, 0.4) is 0 Å². The van der Waals surface area contributed by atoms with E-state index in [0.29, 0.717) is 17.5 Å². The van der Waals surface area contributed by atoms with Gasteiger partial charge in [-0.3, -0.25) is 19.3 Å². The first-order valence-electron chi connectivity index (χ1n) is 8.81. The zero-order valence-corrected chi connectivity index (χ0v) is 14.6. The van der Waals surface area contributed by atoms with Crippen molar-refractivity contribution in [2.45, 2.75) is 12.8 Å². The molecule has 1 N–H and O–H groups in total. The Morgan fingerprint density at radius 3 is 2.37 bits per heavy atom. The van der Waals surface area contributed by atoms with Crippen LogP contribution in [0, 0.1) is 0 Å². The number of benzene rings is 2. The van der Waals surface area contributed by atoms with Gasteiger partial charge in [0.1, 0.15) is 0 Å². The van der Waals surface area contributed by atoms with E-state index in [1.807, 2.05) is 30.5 Å². The van der Waals surface area contributed by atoms with Gasteiger partial charge < -0.3 is 9.72 Å². The molecule has 6 nitrogen and oxygen atoms in total. The number of aromatic nitrogens is 1. The highest BCUT2D eigenvalue weighted by molar-refractivity contribution is 6.21. The number of amides is 2. The smallest absolute Gasteiger partial charge is 0.310 e. The molecule has 0 saturated heterocycles. The fourth-order valence-corrected chi connectivity index (χ4v) is 3.34. The van der Waals surface area contributed by atoms with Gasteiger partial charge in [0.05, 0.1) is 24.2 Å². The van der Waals surface area contributed by atoms with Gasteiger partial charge in [0, 0.05) is 23.6 Å². The van der Waals surface area contributed by atoms with E-state index in [2.05, 4.69) is 4.98 Å². The number of para-hydroxylation sites is 1. The maximum Gasteiger partial charge on any atom is 0.310 e. The molecule has 0 bridgehead atoms. The van der Waals surface area contributed by atoms with Gasteiger partial charge >= 0.3 is 5.97 Å². The monoisotopic (exact) mass is 362 g/mol. The number of carbonyl (C=O) groups excluding carboxylic acids is 3. The highest BCUT2D eigenvalue weighted by atomic mass is 16.5. The second kappa shape index (κ2) is 7.07. The summed E-state index contributed by atoms with van der Waals surface area (Å²) in [7, 11) is 0. The lowest BCUT2D eigenvalue weighted by Gasteiger charge is -2.13. The van der Waals surface area contributed by atoms with Crippen LogP contribution in [-0.2, 0) is 16.0 Å². The van der Waals surface area contributed by atoms with Crippen LogP contribution in [0.5, 0.6) is 0 Å². The van der Waals surface area contributed by atoms with E-state index in [4.69, 9.17) is 4.74 Å². The number of carbonyl (C=O) groups is 3. The summed E-state index contributed by atoms with van der Waals surface area (Å²) in [6.07, 6.45) is 2.40. The van der Waals surface area contributed by atoms with Crippen LogP contribution in [0.25, 0.3) is 10.9 Å². The molecular formula is C21H18N2O4. The number of hydrogen-bond donors (Lipinski definition) is 1. The van der Waals surface area contributed by atoms with Crippen molar-refractivity contribution in [3.8, 4) is 0 Å². The van der Waals surface area contributed by atoms with Gasteiger partial charge in [0.25, 0.3) is 11.8 Å². The quantitative estimate of drug-likeness (QED) is 0.415. The maximum atomic E-state index is 12.3. The van der Waals surface area contributed by atoms with Crippen molar-refractivity contribution < 1.29 is 19.1 Å². The van der Waals surface area contributed by atoms with Gasteiger partial charge in [-0.2, -0.15) is 0 Å². The molecule has 0 atom stereocenters. The van der Waals surface area contributed by atoms with E-state index in [1.165, 1.54) is 4.90 Å². The Bertz CT molecular complexity index is 1000. The van der Waals surface area contributed by atoms with Crippen molar-refractivity contribution in [1.29, 1.82) is 0 Å². The molecule has 0 radical (unpaired) electrons. The first-order valence-corrected chi connectivity index (χ1v) is 8.81. The van der Waals surface area contributed by atoms with E-state index in [9.17, 15) is 14.4 Å². The first-order chi connectivity index (χ1) is 13.1. The van der Waals surface area contributed by atoms with Crippen LogP contribution in [-0.4, -0.2) is 40.8 Å². The lowest BCUT2D eigenvalue weighted by molar-refractivity contribution is -0.142. The third kappa shape index (κ3) is 3.21. The molecule has 1 aromatic heterocycles. The van der Waals surface area contributed by atoms with Crippen molar-refractivity contribution in [3.63, 3.8) is 0 Å². The Labute approximate surface area is 155 Å². The Hall–Kier alpha value is -3.41. The minimum Gasteiger partial charge on any atom is -0.465 e. The van der Waals surface area contributed by atoms with Gasteiger partial charge in [-0.25, -0.2) is 0 Å². The summed E-state index contributed by atoms with van der Waals surface area (Å²) in [5.74, 6) is -0.913. The molecule has 136 valence electrons. The largest absolute Gasteiger partial charge is 0.465 e. The van der Waals surface area contributed by atoms with Gasteiger partial charge in [0.15, 0.2) is 0 Å². The van der Waals surface area contributed by atoms with E-state index >= 15 is 0 Å². The van der Waals surface area contributed by atoms with Gasteiger partial charge in [-0.15, -0.1) is 0 Å². The Morgan fingerprint density at radius 1 is 0.963 bits per heavy atom. The summed E-state index contributed by atoms with van der Waals surface area (Å²) in [6.45, 7) is 0.390. The number of aromatic amines is 1. The molecule has 0 spiro atoms. The summed E-state index contributed by atoms with van der Waals surface area (Å²) < 4.78 is 5.27. The van der Waals surface area contributed by atoms with Gasteiger partial charge in [-0.05, 0) is 30.2 Å². The van der Waals surface area contributed by atoms with Crippen molar-refractivity contribution in [3.05, 3.63) is 71.4 Å². The molecule has 3 aromatic rings. The number of fused-ring (bicyclic) bond motifs is 2. The van der Waals surface area contributed by atoms with Crippen molar-refractivity contribution in [2.75, 3.05) is 13.2 Å². The standard InChI is InChI=1S/C21H18N2O4/c24-19(12-14-13-22-18-9-4-3-6-15(14)18)27-11-5-10-23-20(25)16-7-1-2-8-17(16)21(23)26/h1-4,6-9,13,22H,5,10-12H2. The van der Waals surface area contributed by atoms with Gasteiger partial charge in [-0.1, -0.05) is 30.3 Å². The van der Waals surface area contributed by atoms with E-state index < -0.39 is 0 Å². The topological polar surface area (TPSA) is 79.5 Å². The number of H-pyrrole nitrogens is 1. The SMILES string of the molecule is O=C(Cc1c[nH]c2ccccc12)OCCCN1C(=O)c2ccccc2C1=O. The van der Waals surface area contributed by atoms with E-state index in [-0.39, 0.29) is 37.4 Å². The summed E-state index contributed by atoms with van der Waals surface area (Å²) in [6, 6.07) is 14.5. The van der Waals surface area contributed by atoms with E-state index in [1.54, 1.807) is 24.3 Å². The minimum absolute atomic E-state index is 0.161. The van der Waals surface area contributed by atoms with Crippen molar-refractivity contribution in [2.24, 2.45) is 0 Å². The Morgan fingerprint density at radius 2 is 1.63 bits per heavy atom. The Balaban J connectivity index is 1.28. The van der Waals surface area contributed by atoms with Crippen LogP contribution >= 0.6 is 0 Å². The third-order valence-electron chi connectivity index (χ3n) is 4.68. The molecule has 6 heteroatoms. The summed E-state index contributed by atoms with van der Waals surface area (Å²) in [5, 5.41) is 1.00. The number of nitrogens with zero attached hydrogens (tertiary/aromatic N) is 1. The lowest BCUT2D eigenvalue weighted by atomic mass is 10.1. The molecule has 0 saturated carbocycles. The van der Waals surface area contributed by atoms with Crippen LogP contribution < -0.4 is 0 Å². The molecule has 2 aromatic carbocycles. The average molecular weight is 362 g/mol. The Kier molecular flexibility index (Phi) is 4.46. The fourth-order valence-electron chi connectivity index (χ4n) is 3.34. The summed E-state index contributed by atoms with van der Waals surface area (Å²) >= 11 is 0. The number of esters is 1. The zero-order chi connectivity index (χ0) is 18.8. The molecule has 0 aliphatic carbocycles. The number of ether oxygens (including phenoxy) is 1. The second-order valence-corrected chi connectivity index (χ2v) is 6.42. The number of rotatable bonds is 6. The predicted molar refractivity (Wildman–Crippen MR) is 99.4 cm³/mol. The van der Waals surface area contributed by atoms with Crippen molar-refractivity contribution in [1.82, 2.24) is 9.88 Å². The highest BCUT2D eigenvalue weighted by Crippen LogP contribution is 2.22. The zero-order valence-electron chi connectivity index (χ0n) is 14.6. The molecule has 2 amide bonds. The molecule has 27 heavy (non-hydrogen) atoms. The minimum atomic E-state index is -0.331. The average Bonchev–Trinajstić information content (AvgIpc) is 3.20.